The van der Waals surface area contributed by atoms with Gasteiger partial charge in [-0.15, -0.1) is 0 Å². The molecule has 3 aromatic rings. The Bertz CT molecular complexity index is 1260. The Hall–Kier alpha value is -2.26. The predicted octanol–water partition coefficient (Wildman–Crippen LogP) is 4.34. The van der Waals surface area contributed by atoms with Gasteiger partial charge in [-0.1, -0.05) is 6.07 Å². The van der Waals surface area contributed by atoms with E-state index >= 15 is 0 Å². The minimum absolute atomic E-state index is 0.148. The summed E-state index contributed by atoms with van der Waals surface area (Å²) in [7, 11) is -3.14. The molecule has 2 fully saturated rings. The fourth-order valence-electron chi connectivity index (χ4n) is 5.21. The summed E-state index contributed by atoms with van der Waals surface area (Å²) >= 11 is 0. The third-order valence-corrected chi connectivity index (χ3v) is 9.05. The second-order valence-corrected chi connectivity index (χ2v) is 11.6. The summed E-state index contributed by atoms with van der Waals surface area (Å²) in [5.41, 5.74) is 5.10. The molecular weight excluding hydrogens is 453 g/mol. The van der Waals surface area contributed by atoms with Crippen molar-refractivity contribution in [1.82, 2.24) is 14.2 Å². The Morgan fingerprint density at radius 2 is 1.79 bits per heavy atom. The number of nitrogens with zero attached hydrogens (tertiary/aromatic N) is 2. The van der Waals surface area contributed by atoms with Crippen LogP contribution in [0.5, 0.6) is 0 Å². The average Bonchev–Trinajstić information content (AvgIpc) is 3.28. The molecule has 2 aliphatic heterocycles. The van der Waals surface area contributed by atoms with E-state index in [0.29, 0.717) is 25.6 Å². The smallest absolute Gasteiger partial charge is 0.213 e. The Morgan fingerprint density at radius 1 is 1.03 bits per heavy atom. The zero-order valence-corrected chi connectivity index (χ0v) is 20.4. The Kier molecular flexibility index (Phi) is 6.75. The Labute approximate surface area is 200 Å². The highest BCUT2D eigenvalue weighted by Gasteiger charge is 2.28. The topological polar surface area (TPSA) is 65.6 Å². The van der Waals surface area contributed by atoms with E-state index in [4.69, 9.17) is 4.74 Å². The fourth-order valence-corrected chi connectivity index (χ4v) is 6.35. The van der Waals surface area contributed by atoms with Crippen LogP contribution in [-0.4, -0.2) is 67.8 Å². The molecule has 0 spiro atoms. The van der Waals surface area contributed by atoms with Crippen LogP contribution in [0.3, 0.4) is 0 Å². The largest absolute Gasteiger partial charge is 0.379 e. The third-order valence-electron chi connectivity index (χ3n) is 7.17. The van der Waals surface area contributed by atoms with Crippen LogP contribution in [0, 0.1) is 5.82 Å². The van der Waals surface area contributed by atoms with Gasteiger partial charge in [0.15, 0.2) is 0 Å². The number of rotatable bonds is 6. The van der Waals surface area contributed by atoms with E-state index in [0.717, 1.165) is 66.7 Å². The van der Waals surface area contributed by atoms with Crippen LogP contribution in [0.1, 0.15) is 36.8 Å². The van der Waals surface area contributed by atoms with E-state index in [1.54, 1.807) is 23.4 Å². The minimum atomic E-state index is -3.14. The lowest BCUT2D eigenvalue weighted by molar-refractivity contribution is 0.0341. The molecule has 2 aromatic carbocycles. The fraction of sp³-hybridized carbons (Fsp3) is 0.462. The number of fused-ring (bicyclic) bond motifs is 1. The molecule has 0 atom stereocenters. The molecule has 2 saturated heterocycles. The van der Waals surface area contributed by atoms with Crippen LogP contribution < -0.4 is 0 Å². The first-order valence-corrected chi connectivity index (χ1v) is 13.7. The number of hydrogen-bond donors (Lipinski definition) is 1. The molecular formula is C26H32FN3O3S. The van der Waals surface area contributed by atoms with E-state index in [9.17, 15) is 12.8 Å². The predicted molar refractivity (Wildman–Crippen MR) is 133 cm³/mol. The van der Waals surface area contributed by atoms with Gasteiger partial charge < -0.3 is 9.72 Å². The van der Waals surface area contributed by atoms with E-state index in [1.165, 1.54) is 5.56 Å². The van der Waals surface area contributed by atoms with E-state index < -0.39 is 10.0 Å². The number of aromatic nitrogens is 1. The molecule has 3 heterocycles. The zero-order chi connectivity index (χ0) is 23.7. The van der Waals surface area contributed by atoms with Crippen molar-refractivity contribution in [2.45, 2.75) is 32.2 Å². The maximum absolute atomic E-state index is 14.6. The first-order valence-electron chi connectivity index (χ1n) is 12.1. The molecule has 182 valence electrons. The third kappa shape index (κ3) is 4.91. The van der Waals surface area contributed by atoms with Crippen molar-refractivity contribution >= 4 is 20.9 Å². The summed E-state index contributed by atoms with van der Waals surface area (Å²) < 4.78 is 46.0. The Morgan fingerprint density at radius 3 is 2.53 bits per heavy atom. The van der Waals surface area contributed by atoms with Gasteiger partial charge in [0, 0.05) is 49.8 Å². The molecule has 0 saturated carbocycles. The standard InChI is InChI=1S/C26H32FN3O3S/c1-2-34(31,32)30-7-5-20(6-8-30)25-17-28-26-4-3-21(16-24(25)26)22-13-19(14-23(27)15-22)18-29-9-11-33-12-10-29/h3-4,13-17,20,28H,2,5-12,18H2,1H3. The molecule has 6 nitrogen and oxygen atoms in total. The molecule has 2 aliphatic rings. The average molecular weight is 486 g/mol. The number of H-pyrrole nitrogens is 1. The number of sulfonamides is 1. The van der Waals surface area contributed by atoms with Gasteiger partial charge in [-0.25, -0.2) is 17.1 Å². The van der Waals surface area contributed by atoms with Crippen molar-refractivity contribution in [3.63, 3.8) is 0 Å². The number of halogens is 1. The summed E-state index contributed by atoms with van der Waals surface area (Å²) in [6.07, 6.45) is 3.67. The highest BCUT2D eigenvalue weighted by molar-refractivity contribution is 7.89. The molecule has 5 rings (SSSR count). The summed E-state index contributed by atoms with van der Waals surface area (Å²) in [4.78, 5) is 5.66. The van der Waals surface area contributed by atoms with Gasteiger partial charge in [-0.2, -0.15) is 0 Å². The molecule has 34 heavy (non-hydrogen) atoms. The number of nitrogens with one attached hydrogen (secondary N) is 1. The number of hydrogen-bond acceptors (Lipinski definition) is 4. The number of ether oxygens (including phenoxy) is 1. The SMILES string of the molecule is CCS(=O)(=O)N1CCC(c2c[nH]c3ccc(-c4cc(F)cc(CN5CCOCC5)c4)cc23)CC1. The number of aromatic amines is 1. The van der Waals surface area contributed by atoms with Crippen LogP contribution in [0.25, 0.3) is 22.0 Å². The maximum atomic E-state index is 14.6. The lowest BCUT2D eigenvalue weighted by atomic mass is 9.89. The van der Waals surface area contributed by atoms with Crippen molar-refractivity contribution in [2.24, 2.45) is 0 Å². The van der Waals surface area contributed by atoms with Crippen LogP contribution in [0.15, 0.2) is 42.6 Å². The molecule has 0 amide bonds. The van der Waals surface area contributed by atoms with Crippen molar-refractivity contribution in [2.75, 3.05) is 45.1 Å². The number of benzene rings is 2. The maximum Gasteiger partial charge on any atom is 0.213 e. The van der Waals surface area contributed by atoms with Crippen LogP contribution in [0.2, 0.25) is 0 Å². The minimum Gasteiger partial charge on any atom is -0.379 e. The van der Waals surface area contributed by atoms with Crippen LogP contribution >= 0.6 is 0 Å². The first-order chi connectivity index (χ1) is 16.4. The number of piperidine rings is 1. The molecule has 0 aliphatic carbocycles. The van der Waals surface area contributed by atoms with Crippen molar-refractivity contribution in [3.05, 3.63) is 59.5 Å². The lowest BCUT2D eigenvalue weighted by Crippen LogP contribution is -2.38. The monoisotopic (exact) mass is 485 g/mol. The van der Waals surface area contributed by atoms with Gasteiger partial charge in [-0.3, -0.25) is 4.90 Å². The second kappa shape index (κ2) is 9.77. The number of morpholine rings is 1. The molecule has 1 N–H and O–H groups in total. The molecule has 0 bridgehead atoms. The van der Waals surface area contributed by atoms with E-state index in [-0.39, 0.29) is 11.6 Å². The first kappa shape index (κ1) is 23.5. The van der Waals surface area contributed by atoms with Crippen molar-refractivity contribution in [3.8, 4) is 11.1 Å². The lowest BCUT2D eigenvalue weighted by Gasteiger charge is -2.30. The quantitative estimate of drug-likeness (QED) is 0.564. The van der Waals surface area contributed by atoms with Gasteiger partial charge in [0.1, 0.15) is 5.82 Å². The van der Waals surface area contributed by atoms with Crippen molar-refractivity contribution < 1.29 is 17.5 Å². The van der Waals surface area contributed by atoms with Crippen molar-refractivity contribution in [1.29, 1.82) is 0 Å². The molecule has 0 radical (unpaired) electrons. The van der Waals surface area contributed by atoms with Gasteiger partial charge >= 0.3 is 0 Å². The van der Waals surface area contributed by atoms with Gasteiger partial charge in [-0.05, 0) is 78.3 Å². The summed E-state index contributed by atoms with van der Waals surface area (Å²) in [5.74, 6) is 0.228. The highest BCUT2D eigenvalue weighted by Crippen LogP contribution is 2.36. The summed E-state index contributed by atoms with van der Waals surface area (Å²) in [6, 6.07) is 11.5. The van der Waals surface area contributed by atoms with Crippen LogP contribution in [-0.2, 0) is 21.3 Å². The summed E-state index contributed by atoms with van der Waals surface area (Å²) in [6.45, 7) is 6.69. The van der Waals surface area contributed by atoms with Gasteiger partial charge in [0.25, 0.3) is 0 Å². The van der Waals surface area contributed by atoms with E-state index in [2.05, 4.69) is 34.3 Å². The molecule has 8 heteroatoms. The zero-order valence-electron chi connectivity index (χ0n) is 19.6. The van der Waals surface area contributed by atoms with Gasteiger partial charge in [0.05, 0.1) is 19.0 Å². The highest BCUT2D eigenvalue weighted by atomic mass is 32.2. The van der Waals surface area contributed by atoms with Gasteiger partial charge in [0.2, 0.25) is 10.0 Å². The molecule has 1 aromatic heterocycles. The normalized spacial score (nSPS) is 19.1. The molecule has 0 unspecified atom stereocenters. The summed E-state index contributed by atoms with van der Waals surface area (Å²) in [5, 5.41) is 1.13. The van der Waals surface area contributed by atoms with E-state index in [1.807, 2.05) is 6.07 Å². The Balaban J connectivity index is 1.39. The van der Waals surface area contributed by atoms with Crippen LogP contribution in [0.4, 0.5) is 4.39 Å². The second-order valence-electron chi connectivity index (χ2n) is 9.31.